The van der Waals surface area contributed by atoms with E-state index in [9.17, 15) is 0 Å². The number of rotatable bonds is 4. The first kappa shape index (κ1) is 28.0. The van der Waals surface area contributed by atoms with E-state index in [0.717, 1.165) is 33.1 Å². The summed E-state index contributed by atoms with van der Waals surface area (Å²) in [7, 11) is 0. The van der Waals surface area contributed by atoms with Gasteiger partial charge in [0.25, 0.3) is 0 Å². The van der Waals surface area contributed by atoms with Gasteiger partial charge in [0, 0.05) is 29.5 Å². The Balaban J connectivity index is 1.15. The van der Waals surface area contributed by atoms with Crippen molar-refractivity contribution in [3.05, 3.63) is 170 Å². The predicted octanol–water partition coefficient (Wildman–Crippen LogP) is 11.9. The molecule has 0 saturated heterocycles. The summed E-state index contributed by atoms with van der Waals surface area (Å²) in [5.74, 6) is 0.628. The van der Waals surface area contributed by atoms with Gasteiger partial charge in [-0.1, -0.05) is 133 Å². The lowest BCUT2D eigenvalue weighted by atomic mass is 9.82. The van der Waals surface area contributed by atoms with Gasteiger partial charge in [0.1, 0.15) is 0 Å². The highest BCUT2D eigenvalue weighted by Crippen LogP contribution is 2.58. The molecule has 4 heteroatoms. The number of hydrogen-bond donors (Lipinski definition) is 0. The van der Waals surface area contributed by atoms with Crippen LogP contribution < -0.4 is 0 Å². The SMILES string of the molecule is c1ccc(-c2c3c(c(-c4ccccc4)c4ccccc24)-c2ccc(-c4cnc(-n5c6ccccc6c6ncccc65)nc4)c4cccc-3c24)cc1. The largest absolute Gasteiger partial charge is 0.276 e. The van der Waals surface area contributed by atoms with Crippen LogP contribution >= 0.6 is 0 Å². The lowest BCUT2D eigenvalue weighted by Gasteiger charge is -2.20. The van der Waals surface area contributed by atoms with E-state index in [1.165, 1.54) is 66.1 Å². The summed E-state index contributed by atoms with van der Waals surface area (Å²) in [5.41, 5.74) is 15.2. The van der Waals surface area contributed by atoms with Crippen LogP contribution in [0.4, 0.5) is 0 Å². The van der Waals surface area contributed by atoms with Crippen molar-refractivity contribution >= 4 is 43.5 Å². The average Bonchev–Trinajstić information content (AvgIpc) is 3.72. The highest BCUT2D eigenvalue weighted by molar-refractivity contribution is 6.28. The van der Waals surface area contributed by atoms with Crippen molar-refractivity contribution in [2.45, 2.75) is 0 Å². The Kier molecular flexibility index (Phi) is 5.92. The third kappa shape index (κ3) is 3.99. The molecule has 10 aromatic rings. The molecule has 0 radical (unpaired) electrons. The zero-order valence-corrected chi connectivity index (χ0v) is 27.5. The molecule has 1 aliphatic rings. The van der Waals surface area contributed by atoms with E-state index in [2.05, 4.69) is 143 Å². The maximum absolute atomic E-state index is 4.97. The van der Waals surface area contributed by atoms with E-state index < -0.39 is 0 Å². The summed E-state index contributed by atoms with van der Waals surface area (Å²) in [6.45, 7) is 0. The summed E-state index contributed by atoms with van der Waals surface area (Å²) in [6.07, 6.45) is 5.76. The summed E-state index contributed by atoms with van der Waals surface area (Å²) < 4.78 is 2.10. The van der Waals surface area contributed by atoms with Crippen molar-refractivity contribution in [3.63, 3.8) is 0 Å². The number of benzene rings is 7. The van der Waals surface area contributed by atoms with Gasteiger partial charge in [0.05, 0.1) is 16.6 Å². The molecule has 51 heavy (non-hydrogen) atoms. The molecular weight excluding hydrogens is 621 g/mol. The summed E-state index contributed by atoms with van der Waals surface area (Å²) in [6, 6.07) is 54.3. The second-order valence-corrected chi connectivity index (χ2v) is 13.2. The Morgan fingerprint density at radius 2 is 0.902 bits per heavy atom. The van der Waals surface area contributed by atoms with Gasteiger partial charge in [-0.05, 0) is 89.8 Å². The van der Waals surface area contributed by atoms with Crippen molar-refractivity contribution in [1.29, 1.82) is 0 Å². The van der Waals surface area contributed by atoms with Gasteiger partial charge in [-0.15, -0.1) is 0 Å². The molecule has 0 aliphatic heterocycles. The van der Waals surface area contributed by atoms with Gasteiger partial charge in [0.15, 0.2) is 0 Å². The molecule has 0 bridgehead atoms. The van der Waals surface area contributed by atoms with E-state index >= 15 is 0 Å². The van der Waals surface area contributed by atoms with Crippen LogP contribution in [0, 0.1) is 0 Å². The van der Waals surface area contributed by atoms with Gasteiger partial charge in [-0.25, -0.2) is 9.97 Å². The third-order valence-corrected chi connectivity index (χ3v) is 10.5. The maximum atomic E-state index is 4.97. The normalized spacial score (nSPS) is 11.9. The standard InChI is InChI=1S/C47H28N4/c1-3-13-29(14-4-1)41-34-17-7-8-18-35(34)42(30-15-5-2-6-16-30)45-38-25-24-32(33-20-11-21-37(43(33)38)44(41)45)31-27-49-47(50-28-31)51-39-22-10-9-19-36(39)46-40(51)23-12-26-48-46/h1-28H. The smallest absolute Gasteiger partial charge is 0.234 e. The molecule has 236 valence electrons. The Morgan fingerprint density at radius 3 is 1.59 bits per heavy atom. The van der Waals surface area contributed by atoms with Gasteiger partial charge < -0.3 is 0 Å². The molecule has 7 aromatic carbocycles. The molecule has 11 rings (SSSR count). The molecule has 1 aliphatic carbocycles. The van der Waals surface area contributed by atoms with Crippen LogP contribution in [0.2, 0.25) is 0 Å². The Hall–Kier alpha value is -6.91. The molecule has 0 atom stereocenters. The quantitative estimate of drug-likeness (QED) is 0.191. The number of hydrogen-bond acceptors (Lipinski definition) is 3. The van der Waals surface area contributed by atoms with Gasteiger partial charge >= 0.3 is 0 Å². The average molecular weight is 649 g/mol. The molecule has 0 saturated carbocycles. The fourth-order valence-corrected chi connectivity index (χ4v) is 8.44. The Morgan fingerprint density at radius 1 is 0.353 bits per heavy atom. The molecule has 3 heterocycles. The maximum Gasteiger partial charge on any atom is 0.234 e. The number of fused-ring (bicyclic) bond motifs is 7. The predicted molar refractivity (Wildman–Crippen MR) is 210 cm³/mol. The topological polar surface area (TPSA) is 43.6 Å². The zero-order valence-electron chi connectivity index (χ0n) is 27.5. The minimum atomic E-state index is 0.628. The van der Waals surface area contributed by atoms with E-state index in [1.807, 2.05) is 36.8 Å². The third-order valence-electron chi connectivity index (χ3n) is 10.5. The molecule has 0 unspecified atom stereocenters. The van der Waals surface area contributed by atoms with E-state index in [0.29, 0.717) is 5.95 Å². The molecule has 4 nitrogen and oxygen atoms in total. The van der Waals surface area contributed by atoms with Gasteiger partial charge in [0.2, 0.25) is 5.95 Å². The zero-order chi connectivity index (χ0) is 33.5. The summed E-state index contributed by atoms with van der Waals surface area (Å²) in [4.78, 5) is 14.6. The monoisotopic (exact) mass is 648 g/mol. The Bertz CT molecular complexity index is 2850. The van der Waals surface area contributed by atoms with Crippen LogP contribution in [-0.2, 0) is 0 Å². The van der Waals surface area contributed by atoms with Crippen LogP contribution in [0.15, 0.2) is 170 Å². The molecule has 0 fully saturated rings. The van der Waals surface area contributed by atoms with E-state index in [-0.39, 0.29) is 0 Å². The van der Waals surface area contributed by atoms with Crippen LogP contribution in [0.25, 0.3) is 105 Å². The Labute approximate surface area is 294 Å². The van der Waals surface area contributed by atoms with Crippen molar-refractivity contribution < 1.29 is 0 Å². The number of aromatic nitrogens is 4. The van der Waals surface area contributed by atoms with Crippen molar-refractivity contribution in [2.24, 2.45) is 0 Å². The molecule has 0 N–H and O–H groups in total. The minimum Gasteiger partial charge on any atom is -0.276 e. The van der Waals surface area contributed by atoms with Gasteiger partial charge in [-0.3, -0.25) is 9.55 Å². The number of nitrogens with zero attached hydrogens (tertiary/aromatic N) is 4. The number of pyridine rings is 1. The van der Waals surface area contributed by atoms with Gasteiger partial charge in [-0.2, -0.15) is 0 Å². The van der Waals surface area contributed by atoms with Crippen LogP contribution in [0.3, 0.4) is 0 Å². The van der Waals surface area contributed by atoms with E-state index in [1.54, 1.807) is 0 Å². The lowest BCUT2D eigenvalue weighted by Crippen LogP contribution is -2.00. The van der Waals surface area contributed by atoms with Crippen molar-refractivity contribution in [2.75, 3.05) is 0 Å². The number of para-hydroxylation sites is 1. The fourth-order valence-electron chi connectivity index (χ4n) is 8.44. The summed E-state index contributed by atoms with van der Waals surface area (Å²) in [5, 5.41) is 6.07. The second-order valence-electron chi connectivity index (χ2n) is 13.2. The minimum absolute atomic E-state index is 0.628. The van der Waals surface area contributed by atoms with Crippen molar-refractivity contribution in [3.8, 4) is 61.6 Å². The molecule has 3 aromatic heterocycles. The second kappa shape index (κ2) is 10.8. The molecular formula is C47H28N4. The highest BCUT2D eigenvalue weighted by atomic mass is 15.2. The molecule has 0 spiro atoms. The van der Waals surface area contributed by atoms with Crippen LogP contribution in [0.5, 0.6) is 0 Å². The highest BCUT2D eigenvalue weighted by Gasteiger charge is 2.31. The van der Waals surface area contributed by atoms with Crippen LogP contribution in [0.1, 0.15) is 0 Å². The van der Waals surface area contributed by atoms with E-state index in [4.69, 9.17) is 9.97 Å². The van der Waals surface area contributed by atoms with Crippen LogP contribution in [-0.4, -0.2) is 19.5 Å². The first-order valence-corrected chi connectivity index (χ1v) is 17.3. The first-order valence-electron chi connectivity index (χ1n) is 17.3. The lowest BCUT2D eigenvalue weighted by molar-refractivity contribution is 0.989. The van der Waals surface area contributed by atoms with Crippen molar-refractivity contribution in [1.82, 2.24) is 19.5 Å². The fraction of sp³-hybridized carbons (Fsp3) is 0. The first-order chi connectivity index (χ1) is 25.3. The summed E-state index contributed by atoms with van der Waals surface area (Å²) >= 11 is 0. The molecule has 0 amide bonds.